The second-order valence-electron chi connectivity index (χ2n) is 15.5. The maximum atomic E-state index is 13.8. The van der Waals surface area contributed by atoms with Crippen LogP contribution in [0.2, 0.25) is 0 Å². The summed E-state index contributed by atoms with van der Waals surface area (Å²) in [7, 11) is 0. The molecule has 1 saturated heterocycles. The summed E-state index contributed by atoms with van der Waals surface area (Å²) in [5.41, 5.74) is -2.57. The molecule has 0 aromatic carbocycles. The lowest BCUT2D eigenvalue weighted by molar-refractivity contribution is -0.173. The molecule has 4 fully saturated rings. The number of carboxylic acids is 1. The molecular formula is C35H49NO10. The van der Waals surface area contributed by atoms with Crippen LogP contribution in [0.1, 0.15) is 105 Å². The molecule has 3 saturated carbocycles. The van der Waals surface area contributed by atoms with Crippen LogP contribution < -0.4 is 5.32 Å². The number of carbonyl (C=O) groups excluding carboxylic acids is 5. The minimum Gasteiger partial charge on any atom is -0.481 e. The van der Waals surface area contributed by atoms with Gasteiger partial charge in [-0.25, -0.2) is 0 Å². The van der Waals surface area contributed by atoms with Crippen LogP contribution in [0.3, 0.4) is 0 Å². The number of Topliss-reactive ketones (excluding diaryl/α,β-unsaturated/α-hetero) is 2. The highest BCUT2D eigenvalue weighted by atomic mass is 16.5. The number of ketones is 3. The van der Waals surface area contributed by atoms with Gasteiger partial charge in [0.25, 0.3) is 0 Å². The molecule has 5 aliphatic rings. The number of rotatable bonds is 10. The molecule has 0 aromatic heterocycles. The molecule has 1 heterocycles. The van der Waals surface area contributed by atoms with E-state index in [0.29, 0.717) is 38.7 Å². The van der Waals surface area contributed by atoms with Gasteiger partial charge in [0.1, 0.15) is 11.4 Å². The van der Waals surface area contributed by atoms with Gasteiger partial charge < -0.3 is 25.0 Å². The van der Waals surface area contributed by atoms with Crippen LogP contribution in [0, 0.1) is 34.5 Å². The first-order chi connectivity index (χ1) is 21.5. The Kier molecular flexibility index (Phi) is 9.43. The van der Waals surface area contributed by atoms with Crippen molar-refractivity contribution in [1.82, 2.24) is 5.32 Å². The van der Waals surface area contributed by atoms with Crippen LogP contribution in [-0.4, -0.2) is 75.9 Å². The zero-order valence-corrected chi connectivity index (χ0v) is 27.5. The van der Waals surface area contributed by atoms with Crippen molar-refractivity contribution in [3.8, 4) is 0 Å². The van der Waals surface area contributed by atoms with Crippen molar-refractivity contribution in [2.45, 2.75) is 122 Å². The summed E-state index contributed by atoms with van der Waals surface area (Å²) in [6.45, 7) is 7.55. The van der Waals surface area contributed by atoms with Crippen molar-refractivity contribution in [3.05, 3.63) is 11.6 Å². The number of aliphatic hydroxyl groups is 1. The molecule has 1 amide bonds. The van der Waals surface area contributed by atoms with E-state index in [-0.39, 0.29) is 72.8 Å². The Morgan fingerprint density at radius 2 is 1.78 bits per heavy atom. The molecule has 5 rings (SSSR count). The van der Waals surface area contributed by atoms with Gasteiger partial charge in [0.2, 0.25) is 11.7 Å². The fourth-order valence-electron chi connectivity index (χ4n) is 9.82. The van der Waals surface area contributed by atoms with Gasteiger partial charge in [-0.05, 0) is 88.0 Å². The molecule has 11 heteroatoms. The molecule has 0 spiro atoms. The molecule has 46 heavy (non-hydrogen) atoms. The smallest absolute Gasteiger partial charge is 0.306 e. The number of ether oxygens (including phenoxy) is 2. The predicted octanol–water partition coefficient (Wildman–Crippen LogP) is 3.49. The van der Waals surface area contributed by atoms with Crippen molar-refractivity contribution in [2.75, 3.05) is 13.2 Å². The topological polar surface area (TPSA) is 173 Å². The van der Waals surface area contributed by atoms with Crippen LogP contribution >= 0.6 is 0 Å². The molecule has 0 radical (unpaired) electrons. The van der Waals surface area contributed by atoms with Crippen LogP contribution in [0.4, 0.5) is 0 Å². The highest BCUT2D eigenvalue weighted by Crippen LogP contribution is 2.66. The van der Waals surface area contributed by atoms with Gasteiger partial charge >= 0.3 is 11.9 Å². The number of carbonyl (C=O) groups is 6. The lowest BCUT2D eigenvalue weighted by Crippen LogP contribution is -2.61. The van der Waals surface area contributed by atoms with Crippen molar-refractivity contribution in [1.29, 1.82) is 0 Å². The molecular weight excluding hydrogens is 594 g/mol. The van der Waals surface area contributed by atoms with Crippen LogP contribution in [0.5, 0.6) is 0 Å². The highest BCUT2D eigenvalue weighted by molar-refractivity contribution is 5.95. The first-order valence-electron chi connectivity index (χ1n) is 16.8. The molecule has 11 nitrogen and oxygen atoms in total. The largest absolute Gasteiger partial charge is 0.481 e. The van der Waals surface area contributed by atoms with E-state index < -0.39 is 52.9 Å². The zero-order chi connectivity index (χ0) is 33.7. The van der Waals surface area contributed by atoms with E-state index in [1.54, 1.807) is 6.08 Å². The average molecular weight is 644 g/mol. The van der Waals surface area contributed by atoms with Gasteiger partial charge in [-0.1, -0.05) is 19.4 Å². The van der Waals surface area contributed by atoms with Crippen LogP contribution in [0.25, 0.3) is 0 Å². The number of hydrogen-bond donors (Lipinski definition) is 3. The van der Waals surface area contributed by atoms with E-state index in [1.807, 2.05) is 20.8 Å². The first kappa shape index (κ1) is 34.4. The number of amides is 1. The van der Waals surface area contributed by atoms with Crippen LogP contribution in [-0.2, 0) is 38.2 Å². The number of aliphatic carboxylic acids is 1. The summed E-state index contributed by atoms with van der Waals surface area (Å²) in [5.74, 6) is -3.20. The zero-order valence-electron chi connectivity index (χ0n) is 27.5. The van der Waals surface area contributed by atoms with Gasteiger partial charge in [0.05, 0.1) is 18.4 Å². The van der Waals surface area contributed by atoms with Gasteiger partial charge in [0.15, 0.2) is 12.4 Å². The standard InChI is InChI=1S/C35H49NO10/c1-32(2)17-20(11-14-46-32)25(16-29(41)42)36-28(40)7-8-30(43)45-19-27(39)35(44)13-10-24-23-6-5-21-15-22(37)9-12-33(21,3)31(23)26(38)18-34(24,35)4/h15,20,23-25,31,44H,5-14,16-19H2,1-4H3,(H,36,40)(H,41,42). The number of allylic oxidation sites excluding steroid dienone is 1. The second kappa shape index (κ2) is 12.6. The van der Waals surface area contributed by atoms with E-state index >= 15 is 0 Å². The summed E-state index contributed by atoms with van der Waals surface area (Å²) >= 11 is 0. The molecule has 8 atom stereocenters. The molecule has 1 aliphatic heterocycles. The predicted molar refractivity (Wildman–Crippen MR) is 164 cm³/mol. The Hall–Kier alpha value is -2.92. The third-order valence-corrected chi connectivity index (χ3v) is 12.2. The average Bonchev–Trinajstić information content (AvgIpc) is 3.24. The number of nitrogens with one attached hydrogen (secondary N) is 1. The van der Waals surface area contributed by atoms with E-state index in [9.17, 15) is 39.0 Å². The Morgan fingerprint density at radius 3 is 2.48 bits per heavy atom. The number of esters is 1. The Balaban J connectivity index is 1.16. The van der Waals surface area contributed by atoms with E-state index in [1.165, 1.54) is 0 Å². The molecule has 0 bridgehead atoms. The maximum absolute atomic E-state index is 13.8. The van der Waals surface area contributed by atoms with Gasteiger partial charge in [0, 0.05) is 43.2 Å². The van der Waals surface area contributed by atoms with Crippen molar-refractivity contribution in [3.63, 3.8) is 0 Å². The lowest BCUT2D eigenvalue weighted by atomic mass is 9.46. The summed E-state index contributed by atoms with van der Waals surface area (Å²) in [5, 5.41) is 24.0. The highest BCUT2D eigenvalue weighted by Gasteiger charge is 2.68. The fourth-order valence-corrected chi connectivity index (χ4v) is 9.82. The van der Waals surface area contributed by atoms with Crippen LogP contribution in [0.15, 0.2) is 11.6 Å². The van der Waals surface area contributed by atoms with E-state index in [4.69, 9.17) is 9.47 Å². The Bertz CT molecular complexity index is 1340. The quantitative estimate of drug-likeness (QED) is 0.299. The monoisotopic (exact) mass is 643 g/mol. The second-order valence-corrected chi connectivity index (χ2v) is 15.5. The fraction of sp³-hybridized carbons (Fsp3) is 0.771. The molecule has 4 aliphatic carbocycles. The Morgan fingerprint density at radius 1 is 1.04 bits per heavy atom. The summed E-state index contributed by atoms with van der Waals surface area (Å²) < 4.78 is 11.0. The van der Waals surface area contributed by atoms with Gasteiger partial charge in [-0.15, -0.1) is 0 Å². The minimum atomic E-state index is -1.82. The SMILES string of the molecule is CC1(C)CC(C(CC(=O)O)NC(=O)CCC(=O)OCC(=O)C2(O)CCC3C4CCC5=CC(=O)CCC5(C)C4C(=O)CC32C)CCO1. The number of fused-ring (bicyclic) bond motifs is 5. The molecule has 3 N–H and O–H groups in total. The summed E-state index contributed by atoms with van der Waals surface area (Å²) in [4.78, 5) is 76.2. The van der Waals surface area contributed by atoms with E-state index in [0.717, 1.165) is 18.4 Å². The van der Waals surface area contributed by atoms with E-state index in [2.05, 4.69) is 12.2 Å². The molecule has 8 unspecified atom stereocenters. The van der Waals surface area contributed by atoms with Gasteiger partial charge in [-0.2, -0.15) is 0 Å². The first-order valence-corrected chi connectivity index (χ1v) is 16.8. The maximum Gasteiger partial charge on any atom is 0.306 e. The molecule has 0 aromatic rings. The van der Waals surface area contributed by atoms with Crippen molar-refractivity contribution in [2.24, 2.45) is 34.5 Å². The lowest BCUT2D eigenvalue weighted by Gasteiger charge is -2.57. The number of hydrogen-bond acceptors (Lipinski definition) is 9. The number of carboxylic acid groups (broad SMARTS) is 1. The normalized spacial score (nSPS) is 37.2. The minimum absolute atomic E-state index is 0.00153. The third kappa shape index (κ3) is 6.33. The van der Waals surface area contributed by atoms with Crippen molar-refractivity contribution < 1.29 is 48.5 Å². The summed E-state index contributed by atoms with van der Waals surface area (Å²) in [6.07, 6.45) is 5.46. The third-order valence-electron chi connectivity index (χ3n) is 12.2. The Labute approximate surface area is 270 Å². The molecule has 254 valence electrons. The summed E-state index contributed by atoms with van der Waals surface area (Å²) in [6, 6.07) is -0.608. The van der Waals surface area contributed by atoms with Crippen molar-refractivity contribution >= 4 is 35.2 Å². The van der Waals surface area contributed by atoms with Gasteiger partial charge in [-0.3, -0.25) is 28.8 Å².